The van der Waals surface area contributed by atoms with Gasteiger partial charge in [0.1, 0.15) is 0 Å². The highest BCUT2D eigenvalue weighted by Gasteiger charge is 2.06. The first kappa shape index (κ1) is 10.2. The molecule has 1 aromatic rings. The first-order valence-corrected chi connectivity index (χ1v) is 4.11. The van der Waals surface area contributed by atoms with Gasteiger partial charge in [0.15, 0.2) is 5.82 Å². The Morgan fingerprint density at radius 3 is 2.79 bits per heavy atom. The second-order valence-electron chi connectivity index (χ2n) is 2.88. The minimum absolute atomic E-state index is 0.0404. The third-order valence-electron chi connectivity index (χ3n) is 1.54. The lowest BCUT2D eigenvalue weighted by Gasteiger charge is -1.98. The SMILES string of the molecule is Cc1cc(NC(=O)CCC(=O)O)n[nH]1. The van der Waals surface area contributed by atoms with Gasteiger partial charge in [-0.2, -0.15) is 5.10 Å². The number of amides is 1. The number of rotatable bonds is 4. The number of hydrogen-bond donors (Lipinski definition) is 3. The number of carbonyl (C=O) groups is 2. The van der Waals surface area contributed by atoms with Gasteiger partial charge in [-0.25, -0.2) is 0 Å². The highest BCUT2D eigenvalue weighted by atomic mass is 16.4. The molecule has 1 amide bonds. The standard InChI is InChI=1S/C8H11N3O3/c1-5-4-6(11-10-5)9-7(12)2-3-8(13)14/h4H,2-3H2,1H3,(H,13,14)(H2,9,10,11,12). The molecular formula is C8H11N3O3. The molecule has 0 spiro atoms. The predicted octanol–water partition coefficient (Wildman–Crippen LogP) is 0.521. The minimum Gasteiger partial charge on any atom is -0.481 e. The lowest BCUT2D eigenvalue weighted by Crippen LogP contribution is -2.13. The van der Waals surface area contributed by atoms with Crippen molar-refractivity contribution >= 4 is 17.7 Å². The average molecular weight is 197 g/mol. The maximum Gasteiger partial charge on any atom is 0.303 e. The van der Waals surface area contributed by atoms with Gasteiger partial charge < -0.3 is 10.4 Å². The first-order valence-electron chi connectivity index (χ1n) is 4.11. The average Bonchev–Trinajstić information content (AvgIpc) is 2.48. The van der Waals surface area contributed by atoms with Gasteiger partial charge in [-0.15, -0.1) is 0 Å². The zero-order valence-corrected chi connectivity index (χ0v) is 7.70. The van der Waals surface area contributed by atoms with Crippen LogP contribution in [0.3, 0.4) is 0 Å². The molecule has 0 atom stereocenters. The number of anilines is 1. The summed E-state index contributed by atoms with van der Waals surface area (Å²) in [4.78, 5) is 21.3. The lowest BCUT2D eigenvalue weighted by molar-refractivity contribution is -0.138. The third-order valence-corrected chi connectivity index (χ3v) is 1.54. The lowest BCUT2D eigenvalue weighted by atomic mass is 10.3. The van der Waals surface area contributed by atoms with E-state index in [1.165, 1.54) is 0 Å². The van der Waals surface area contributed by atoms with Gasteiger partial charge in [-0.05, 0) is 6.92 Å². The number of hydrogen-bond acceptors (Lipinski definition) is 3. The molecule has 3 N–H and O–H groups in total. The summed E-state index contributed by atoms with van der Waals surface area (Å²) in [6.45, 7) is 1.81. The van der Waals surface area contributed by atoms with Gasteiger partial charge >= 0.3 is 5.97 Å². The fourth-order valence-electron chi connectivity index (χ4n) is 0.908. The number of aromatic nitrogens is 2. The highest BCUT2D eigenvalue weighted by Crippen LogP contribution is 2.04. The first-order chi connectivity index (χ1) is 6.58. The van der Waals surface area contributed by atoms with Crippen LogP contribution in [-0.2, 0) is 9.59 Å². The van der Waals surface area contributed by atoms with Crippen molar-refractivity contribution in [1.82, 2.24) is 10.2 Å². The molecule has 0 saturated carbocycles. The van der Waals surface area contributed by atoms with Crippen molar-refractivity contribution < 1.29 is 14.7 Å². The number of nitrogens with one attached hydrogen (secondary N) is 2. The molecule has 1 aromatic heterocycles. The van der Waals surface area contributed by atoms with Gasteiger partial charge in [-0.3, -0.25) is 14.7 Å². The molecule has 0 aromatic carbocycles. The van der Waals surface area contributed by atoms with E-state index < -0.39 is 5.97 Å². The molecule has 76 valence electrons. The van der Waals surface area contributed by atoms with Gasteiger partial charge in [-0.1, -0.05) is 0 Å². The van der Waals surface area contributed by atoms with E-state index in [9.17, 15) is 9.59 Å². The summed E-state index contributed by atoms with van der Waals surface area (Å²) >= 11 is 0. The Morgan fingerprint density at radius 2 is 2.29 bits per heavy atom. The second kappa shape index (κ2) is 4.40. The normalized spacial score (nSPS) is 9.79. The minimum atomic E-state index is -0.988. The quantitative estimate of drug-likeness (QED) is 0.655. The number of nitrogens with zero attached hydrogens (tertiary/aromatic N) is 1. The number of H-pyrrole nitrogens is 1. The van der Waals surface area contributed by atoms with E-state index >= 15 is 0 Å². The van der Waals surface area contributed by atoms with Gasteiger partial charge in [0.25, 0.3) is 0 Å². The fourth-order valence-corrected chi connectivity index (χ4v) is 0.908. The van der Waals surface area contributed by atoms with Crippen molar-refractivity contribution in [3.63, 3.8) is 0 Å². The second-order valence-corrected chi connectivity index (χ2v) is 2.88. The van der Waals surface area contributed by atoms with Crippen LogP contribution in [-0.4, -0.2) is 27.2 Å². The smallest absolute Gasteiger partial charge is 0.303 e. The molecule has 1 rings (SSSR count). The zero-order valence-electron chi connectivity index (χ0n) is 7.70. The maximum absolute atomic E-state index is 11.1. The van der Waals surface area contributed by atoms with Crippen LogP contribution in [0.2, 0.25) is 0 Å². The third kappa shape index (κ3) is 3.26. The van der Waals surface area contributed by atoms with Crippen LogP contribution in [0.4, 0.5) is 5.82 Å². The molecule has 14 heavy (non-hydrogen) atoms. The molecule has 0 radical (unpaired) electrons. The molecule has 0 fully saturated rings. The Labute approximate surface area is 80.3 Å². The van der Waals surface area contributed by atoms with E-state index in [-0.39, 0.29) is 18.7 Å². The number of aliphatic carboxylic acids is 1. The summed E-state index contributed by atoms with van der Waals surface area (Å²) in [5.74, 6) is -0.921. The summed E-state index contributed by atoms with van der Waals surface area (Å²) in [5.41, 5.74) is 0.832. The largest absolute Gasteiger partial charge is 0.481 e. The van der Waals surface area contributed by atoms with E-state index in [0.29, 0.717) is 5.82 Å². The maximum atomic E-state index is 11.1. The number of aromatic amines is 1. The van der Waals surface area contributed by atoms with E-state index in [0.717, 1.165) is 5.69 Å². The van der Waals surface area contributed by atoms with Gasteiger partial charge in [0, 0.05) is 18.2 Å². The fraction of sp³-hybridized carbons (Fsp3) is 0.375. The summed E-state index contributed by atoms with van der Waals surface area (Å²) in [7, 11) is 0. The topological polar surface area (TPSA) is 95.1 Å². The molecular weight excluding hydrogens is 186 g/mol. The molecule has 6 nitrogen and oxygen atoms in total. The van der Waals surface area contributed by atoms with E-state index in [4.69, 9.17) is 5.11 Å². The number of carboxylic acids is 1. The monoisotopic (exact) mass is 197 g/mol. The zero-order chi connectivity index (χ0) is 10.6. The van der Waals surface area contributed by atoms with Gasteiger partial charge in [0.2, 0.25) is 5.91 Å². The van der Waals surface area contributed by atoms with Crippen LogP contribution >= 0.6 is 0 Å². The Kier molecular flexibility index (Phi) is 3.22. The van der Waals surface area contributed by atoms with Crippen LogP contribution < -0.4 is 5.32 Å². The number of carboxylic acid groups (broad SMARTS) is 1. The number of aryl methyl sites for hydroxylation is 1. The molecule has 0 aliphatic carbocycles. The Hall–Kier alpha value is -1.85. The van der Waals surface area contributed by atoms with Crippen LogP contribution in [0.15, 0.2) is 6.07 Å². The molecule has 0 aliphatic rings. The van der Waals surface area contributed by atoms with Crippen LogP contribution in [0.25, 0.3) is 0 Å². The van der Waals surface area contributed by atoms with Crippen molar-refractivity contribution in [3.8, 4) is 0 Å². The Morgan fingerprint density at radius 1 is 1.57 bits per heavy atom. The summed E-state index contributed by atoms with van der Waals surface area (Å²) in [6.07, 6.45) is -0.212. The van der Waals surface area contributed by atoms with Crippen molar-refractivity contribution in [2.24, 2.45) is 0 Å². The van der Waals surface area contributed by atoms with Crippen molar-refractivity contribution in [1.29, 1.82) is 0 Å². The van der Waals surface area contributed by atoms with Crippen molar-refractivity contribution in [2.75, 3.05) is 5.32 Å². The van der Waals surface area contributed by atoms with Crippen molar-refractivity contribution in [2.45, 2.75) is 19.8 Å². The van der Waals surface area contributed by atoms with Crippen molar-refractivity contribution in [3.05, 3.63) is 11.8 Å². The Balaban J connectivity index is 2.37. The molecule has 0 bridgehead atoms. The van der Waals surface area contributed by atoms with E-state index in [1.54, 1.807) is 13.0 Å². The Bertz CT molecular complexity index is 345. The van der Waals surface area contributed by atoms with Crippen LogP contribution in [0, 0.1) is 6.92 Å². The van der Waals surface area contributed by atoms with E-state index in [1.807, 2.05) is 0 Å². The molecule has 1 heterocycles. The van der Waals surface area contributed by atoms with Gasteiger partial charge in [0.05, 0.1) is 6.42 Å². The molecule has 0 aliphatic heterocycles. The summed E-state index contributed by atoms with van der Waals surface area (Å²) in [5, 5.41) is 17.2. The summed E-state index contributed by atoms with van der Waals surface area (Å²) < 4.78 is 0. The molecule has 0 saturated heterocycles. The molecule has 0 unspecified atom stereocenters. The summed E-state index contributed by atoms with van der Waals surface area (Å²) in [6, 6.07) is 1.67. The van der Waals surface area contributed by atoms with E-state index in [2.05, 4.69) is 15.5 Å². The molecule has 6 heteroatoms. The predicted molar refractivity (Wildman–Crippen MR) is 48.8 cm³/mol. The van der Waals surface area contributed by atoms with Crippen LogP contribution in [0.5, 0.6) is 0 Å². The number of carbonyl (C=O) groups excluding carboxylic acids is 1. The van der Waals surface area contributed by atoms with Crippen LogP contribution in [0.1, 0.15) is 18.5 Å². The highest BCUT2D eigenvalue weighted by molar-refractivity contribution is 5.91.